The zero-order valence-corrected chi connectivity index (χ0v) is 17.8. The van der Waals surface area contributed by atoms with Gasteiger partial charge in [-0.2, -0.15) is 0 Å². The fourth-order valence-electron chi connectivity index (χ4n) is 3.94. The first-order valence-corrected chi connectivity index (χ1v) is 10.5. The predicted octanol–water partition coefficient (Wildman–Crippen LogP) is 4.02. The molecule has 0 radical (unpaired) electrons. The van der Waals surface area contributed by atoms with Crippen LogP contribution in [0.2, 0.25) is 0 Å². The first-order valence-electron chi connectivity index (χ1n) is 10.5. The summed E-state index contributed by atoms with van der Waals surface area (Å²) in [5.74, 6) is 0.199. The van der Waals surface area contributed by atoms with E-state index < -0.39 is 0 Å². The normalized spacial score (nSPS) is 12.9. The monoisotopic (exact) mass is 430 g/mol. The summed E-state index contributed by atoms with van der Waals surface area (Å²) in [4.78, 5) is 21.7. The lowest BCUT2D eigenvalue weighted by Crippen LogP contribution is -2.22. The molecule has 1 aromatic carbocycles. The van der Waals surface area contributed by atoms with E-state index in [0.717, 1.165) is 22.5 Å². The largest absolute Gasteiger partial charge is 0.348 e. The number of hydrogen-bond acceptors (Lipinski definition) is 5. The van der Waals surface area contributed by atoms with Gasteiger partial charge in [-0.3, -0.25) is 9.20 Å². The van der Waals surface area contributed by atoms with E-state index in [4.69, 9.17) is 0 Å². The maximum Gasteiger partial charge on any atom is 0.254 e. The molecule has 0 unspecified atom stereocenters. The summed E-state index contributed by atoms with van der Waals surface area (Å²) in [5.41, 5.74) is 5.28. The second-order valence-electron chi connectivity index (χ2n) is 8.09. The standard InChI is InChI=1S/C24H23FN6O/c1-14(2)26-11-16-4-3-5-21(29-16)30-19-7-6-17(18-12-28-24(32)23(18)19)20-13-27-22-10-15(25)8-9-31(20)22/h3-10,13-14,26H,11-12H2,1-2H3,(H,28,32)(H,29,30). The fraction of sp³-hybridized carbons (Fsp3) is 0.208. The number of nitrogens with one attached hydrogen (secondary N) is 3. The lowest BCUT2D eigenvalue weighted by atomic mass is 9.99. The van der Waals surface area contributed by atoms with E-state index in [-0.39, 0.29) is 11.7 Å². The Morgan fingerprint density at radius 3 is 2.94 bits per heavy atom. The van der Waals surface area contributed by atoms with Gasteiger partial charge in [-0.15, -0.1) is 0 Å². The van der Waals surface area contributed by atoms with Crippen molar-refractivity contribution in [3.05, 3.63) is 77.5 Å². The molecule has 4 aromatic rings. The van der Waals surface area contributed by atoms with Crippen molar-refractivity contribution in [3.8, 4) is 11.3 Å². The molecule has 0 atom stereocenters. The molecule has 32 heavy (non-hydrogen) atoms. The van der Waals surface area contributed by atoms with Crippen LogP contribution < -0.4 is 16.0 Å². The number of amides is 1. The minimum Gasteiger partial charge on any atom is -0.348 e. The molecule has 4 heterocycles. The number of carbonyl (C=O) groups excluding carboxylic acids is 1. The van der Waals surface area contributed by atoms with Gasteiger partial charge in [0.2, 0.25) is 0 Å². The average Bonchev–Trinajstić information content (AvgIpc) is 3.37. The number of imidazole rings is 1. The van der Waals surface area contributed by atoms with Gasteiger partial charge in [0.05, 0.1) is 28.8 Å². The fourth-order valence-corrected chi connectivity index (χ4v) is 3.94. The highest BCUT2D eigenvalue weighted by atomic mass is 19.1. The number of pyridine rings is 2. The average molecular weight is 430 g/mol. The van der Waals surface area contributed by atoms with Crippen LogP contribution in [0.4, 0.5) is 15.9 Å². The van der Waals surface area contributed by atoms with Gasteiger partial charge in [-0.25, -0.2) is 14.4 Å². The summed E-state index contributed by atoms with van der Waals surface area (Å²) in [7, 11) is 0. The third-order valence-electron chi connectivity index (χ3n) is 5.48. The molecule has 162 valence electrons. The molecule has 1 aliphatic rings. The topological polar surface area (TPSA) is 83.3 Å². The molecule has 0 saturated carbocycles. The minimum atomic E-state index is -0.338. The molecule has 3 N–H and O–H groups in total. The number of benzene rings is 1. The predicted molar refractivity (Wildman–Crippen MR) is 121 cm³/mol. The number of hydrogen-bond donors (Lipinski definition) is 3. The van der Waals surface area contributed by atoms with Crippen LogP contribution in [-0.4, -0.2) is 26.3 Å². The summed E-state index contributed by atoms with van der Waals surface area (Å²) in [6.45, 7) is 5.26. The van der Waals surface area contributed by atoms with Gasteiger partial charge in [0, 0.05) is 37.0 Å². The van der Waals surface area contributed by atoms with Crippen LogP contribution in [0.15, 0.2) is 54.9 Å². The first kappa shape index (κ1) is 20.1. The van der Waals surface area contributed by atoms with E-state index in [1.807, 2.05) is 34.7 Å². The van der Waals surface area contributed by atoms with Crippen molar-refractivity contribution in [2.75, 3.05) is 5.32 Å². The summed E-state index contributed by atoms with van der Waals surface area (Å²) >= 11 is 0. The number of rotatable bonds is 6. The number of fused-ring (bicyclic) bond motifs is 2. The zero-order chi connectivity index (χ0) is 22.2. The Morgan fingerprint density at radius 2 is 2.09 bits per heavy atom. The number of aromatic nitrogens is 3. The molecule has 0 aliphatic carbocycles. The van der Waals surface area contributed by atoms with Crippen molar-refractivity contribution >= 4 is 23.1 Å². The molecule has 5 rings (SSSR count). The quantitative estimate of drug-likeness (QED) is 0.430. The molecule has 0 fully saturated rings. The van der Waals surface area contributed by atoms with Gasteiger partial charge < -0.3 is 16.0 Å². The summed E-state index contributed by atoms with van der Waals surface area (Å²) in [6.07, 6.45) is 3.35. The van der Waals surface area contributed by atoms with E-state index in [0.29, 0.717) is 41.8 Å². The van der Waals surface area contributed by atoms with Crippen molar-refractivity contribution in [1.29, 1.82) is 0 Å². The molecule has 1 amide bonds. The lowest BCUT2D eigenvalue weighted by Gasteiger charge is -2.14. The van der Waals surface area contributed by atoms with Crippen LogP contribution in [0, 0.1) is 5.82 Å². The van der Waals surface area contributed by atoms with Gasteiger partial charge in [-0.1, -0.05) is 26.0 Å². The van der Waals surface area contributed by atoms with E-state index in [1.54, 1.807) is 12.4 Å². The highest BCUT2D eigenvalue weighted by molar-refractivity contribution is 6.06. The van der Waals surface area contributed by atoms with Crippen LogP contribution in [0.25, 0.3) is 16.9 Å². The van der Waals surface area contributed by atoms with Crippen LogP contribution in [0.1, 0.15) is 35.5 Å². The van der Waals surface area contributed by atoms with Crippen molar-refractivity contribution in [1.82, 2.24) is 25.0 Å². The highest BCUT2D eigenvalue weighted by Crippen LogP contribution is 2.35. The molecule has 0 saturated heterocycles. The Kier molecular flexibility index (Phi) is 5.07. The molecule has 1 aliphatic heterocycles. The van der Waals surface area contributed by atoms with Crippen LogP contribution in [0.5, 0.6) is 0 Å². The van der Waals surface area contributed by atoms with E-state index in [9.17, 15) is 9.18 Å². The van der Waals surface area contributed by atoms with Gasteiger partial charge in [0.25, 0.3) is 5.91 Å². The number of anilines is 2. The number of nitrogens with zero attached hydrogens (tertiary/aromatic N) is 3. The Morgan fingerprint density at radius 1 is 1.22 bits per heavy atom. The molecule has 8 heteroatoms. The maximum atomic E-state index is 13.6. The molecular formula is C24H23FN6O. The third-order valence-corrected chi connectivity index (χ3v) is 5.48. The first-order chi connectivity index (χ1) is 15.5. The lowest BCUT2D eigenvalue weighted by molar-refractivity contribution is 0.0966. The Hall–Kier alpha value is -3.78. The molecule has 0 bridgehead atoms. The van der Waals surface area contributed by atoms with Crippen molar-refractivity contribution in [3.63, 3.8) is 0 Å². The van der Waals surface area contributed by atoms with E-state index in [1.165, 1.54) is 12.1 Å². The van der Waals surface area contributed by atoms with Gasteiger partial charge >= 0.3 is 0 Å². The maximum absolute atomic E-state index is 13.6. The smallest absolute Gasteiger partial charge is 0.254 e. The Balaban J connectivity index is 1.51. The van der Waals surface area contributed by atoms with Gasteiger partial charge in [0.1, 0.15) is 17.3 Å². The summed E-state index contributed by atoms with van der Waals surface area (Å²) in [5, 5.41) is 9.58. The summed E-state index contributed by atoms with van der Waals surface area (Å²) < 4.78 is 15.4. The second kappa shape index (κ2) is 8.05. The minimum absolute atomic E-state index is 0.137. The Bertz CT molecular complexity index is 1330. The van der Waals surface area contributed by atoms with E-state index in [2.05, 4.69) is 39.8 Å². The SMILES string of the molecule is CC(C)NCc1cccc(Nc2ccc(-c3cnc4cc(F)ccn34)c3c2C(=O)NC3)n1. The second-order valence-corrected chi connectivity index (χ2v) is 8.09. The van der Waals surface area contributed by atoms with Crippen LogP contribution in [0.3, 0.4) is 0 Å². The highest BCUT2D eigenvalue weighted by Gasteiger charge is 2.27. The number of carbonyl (C=O) groups is 1. The zero-order valence-electron chi connectivity index (χ0n) is 17.8. The molecular weight excluding hydrogens is 407 g/mol. The van der Waals surface area contributed by atoms with Crippen LogP contribution >= 0.6 is 0 Å². The van der Waals surface area contributed by atoms with Crippen molar-refractivity contribution in [2.45, 2.75) is 33.0 Å². The molecule has 7 nitrogen and oxygen atoms in total. The van der Waals surface area contributed by atoms with Crippen molar-refractivity contribution < 1.29 is 9.18 Å². The number of halogens is 1. The molecule has 3 aromatic heterocycles. The van der Waals surface area contributed by atoms with E-state index >= 15 is 0 Å². The Labute approximate surface area is 184 Å². The van der Waals surface area contributed by atoms with Gasteiger partial charge in [-0.05, 0) is 29.8 Å². The summed E-state index contributed by atoms with van der Waals surface area (Å²) in [6, 6.07) is 12.8. The van der Waals surface area contributed by atoms with Crippen LogP contribution in [-0.2, 0) is 13.1 Å². The third kappa shape index (κ3) is 3.69. The van der Waals surface area contributed by atoms with Crippen molar-refractivity contribution in [2.24, 2.45) is 0 Å². The van der Waals surface area contributed by atoms with Gasteiger partial charge in [0.15, 0.2) is 0 Å². The molecule has 0 spiro atoms.